The number of aromatic nitrogens is 3. The van der Waals surface area contributed by atoms with Crippen molar-refractivity contribution in [2.75, 3.05) is 6.54 Å². The summed E-state index contributed by atoms with van der Waals surface area (Å²) in [5.41, 5.74) is 2.65. The van der Waals surface area contributed by atoms with Crippen molar-refractivity contribution in [2.45, 2.75) is 31.2 Å². The van der Waals surface area contributed by atoms with E-state index in [1.165, 1.54) is 0 Å². The molecule has 1 aromatic carbocycles. The summed E-state index contributed by atoms with van der Waals surface area (Å²) in [4.78, 5) is 45.5. The number of aromatic amines is 1. The van der Waals surface area contributed by atoms with Gasteiger partial charge in [0.25, 0.3) is 5.56 Å². The van der Waals surface area contributed by atoms with Gasteiger partial charge in [0.15, 0.2) is 0 Å². The van der Waals surface area contributed by atoms with E-state index < -0.39 is 11.5 Å². The number of imidazole rings is 1. The second kappa shape index (κ2) is 5.79. The number of nitrogens with one attached hydrogen (secondary N) is 1. The van der Waals surface area contributed by atoms with Gasteiger partial charge in [0.1, 0.15) is 5.54 Å². The first-order valence-corrected chi connectivity index (χ1v) is 9.26. The fourth-order valence-electron chi connectivity index (χ4n) is 4.82. The Morgan fingerprint density at radius 3 is 2.89 bits per heavy atom. The van der Waals surface area contributed by atoms with Crippen molar-refractivity contribution in [3.05, 3.63) is 58.3 Å². The van der Waals surface area contributed by atoms with Crippen LogP contribution in [0.4, 0.5) is 0 Å². The smallest absolute Gasteiger partial charge is 0.303 e. The quantitative estimate of drug-likeness (QED) is 0.722. The predicted octanol–water partition coefficient (Wildman–Crippen LogP) is 1.73. The molecule has 2 aliphatic rings. The van der Waals surface area contributed by atoms with Crippen LogP contribution in [0.2, 0.25) is 0 Å². The minimum absolute atomic E-state index is 0.0506. The number of amides is 1. The summed E-state index contributed by atoms with van der Waals surface area (Å²) in [6.45, 7) is 0.543. The maximum absolute atomic E-state index is 13.0. The third-order valence-electron chi connectivity index (χ3n) is 5.83. The second-order valence-corrected chi connectivity index (χ2v) is 7.25. The summed E-state index contributed by atoms with van der Waals surface area (Å²) in [5.74, 6) is -1.18. The number of carbonyl (C=O) groups is 2. The minimum Gasteiger partial charge on any atom is -0.481 e. The number of rotatable bonds is 3. The molecule has 1 fully saturated rings. The van der Waals surface area contributed by atoms with Gasteiger partial charge in [0.2, 0.25) is 11.6 Å². The topological polar surface area (TPSA) is 108 Å². The van der Waals surface area contributed by atoms with Crippen LogP contribution >= 0.6 is 0 Å². The van der Waals surface area contributed by atoms with Gasteiger partial charge in [-0.05, 0) is 18.4 Å². The number of likely N-dealkylation sites (tertiary alicyclic amines) is 1. The Kier molecular flexibility index (Phi) is 3.46. The molecule has 1 aliphatic carbocycles. The van der Waals surface area contributed by atoms with Crippen LogP contribution in [0.15, 0.2) is 41.5 Å². The monoisotopic (exact) mass is 378 g/mol. The second-order valence-electron chi connectivity index (χ2n) is 7.25. The minimum atomic E-state index is -0.991. The van der Waals surface area contributed by atoms with Crippen LogP contribution in [-0.4, -0.2) is 42.8 Å². The zero-order valence-electron chi connectivity index (χ0n) is 15.0. The Labute approximate surface area is 159 Å². The van der Waals surface area contributed by atoms with Gasteiger partial charge in [-0.25, -0.2) is 4.98 Å². The molecule has 0 saturated carbocycles. The molecule has 5 rings (SSSR count). The van der Waals surface area contributed by atoms with Crippen LogP contribution in [0, 0.1) is 0 Å². The third-order valence-corrected chi connectivity index (χ3v) is 5.83. The van der Waals surface area contributed by atoms with Crippen molar-refractivity contribution in [3.63, 3.8) is 0 Å². The number of carbonyl (C=O) groups excluding carboxylic acids is 1. The molecule has 142 valence electrons. The molecule has 28 heavy (non-hydrogen) atoms. The Hall–Kier alpha value is -3.42. The fraction of sp³-hybridized carbons (Fsp3) is 0.300. The standard InChI is InChI=1S/C20H18N4O4/c25-14(6-7-15(26)27)24-10-3-8-20(24)13-5-2-1-4-12(13)16-17(20)23-11-9-21-18(23)19(28)22-16/h1-2,4-5,9,11H,3,6-8,10H2,(H,22,28)(H,26,27). The number of carboxylic acid groups (broad SMARTS) is 1. The lowest BCUT2D eigenvalue weighted by Crippen LogP contribution is -2.46. The zero-order valence-corrected chi connectivity index (χ0v) is 15.0. The zero-order chi connectivity index (χ0) is 19.5. The summed E-state index contributed by atoms with van der Waals surface area (Å²) in [6.07, 6.45) is 4.57. The molecular formula is C20H18N4O4. The van der Waals surface area contributed by atoms with E-state index in [0.717, 1.165) is 23.2 Å². The van der Waals surface area contributed by atoms with Crippen molar-refractivity contribution in [1.82, 2.24) is 19.3 Å². The summed E-state index contributed by atoms with van der Waals surface area (Å²) in [6, 6.07) is 7.76. The van der Waals surface area contributed by atoms with Crippen LogP contribution in [0.25, 0.3) is 16.9 Å². The van der Waals surface area contributed by atoms with Gasteiger partial charge in [0, 0.05) is 30.9 Å². The number of aliphatic carboxylic acids is 1. The third kappa shape index (κ3) is 2.05. The van der Waals surface area contributed by atoms with Gasteiger partial charge in [0.05, 0.1) is 17.8 Å². The van der Waals surface area contributed by atoms with Crippen molar-refractivity contribution < 1.29 is 14.7 Å². The van der Waals surface area contributed by atoms with Gasteiger partial charge in [-0.15, -0.1) is 0 Å². The van der Waals surface area contributed by atoms with Crippen molar-refractivity contribution in [1.29, 1.82) is 0 Å². The normalized spacial score (nSPS) is 19.9. The maximum Gasteiger partial charge on any atom is 0.303 e. The first-order chi connectivity index (χ1) is 13.5. The average Bonchev–Trinajstić information content (AvgIpc) is 3.39. The maximum atomic E-state index is 13.0. The van der Waals surface area contributed by atoms with Crippen LogP contribution in [-0.2, 0) is 15.1 Å². The SMILES string of the molecule is O=C(O)CCC(=O)N1CCCC12c1ccccc1-c1[nH]c(=O)c3nccn3c12. The molecule has 2 N–H and O–H groups in total. The average molecular weight is 378 g/mol. The molecule has 0 bridgehead atoms. The lowest BCUT2D eigenvalue weighted by Gasteiger charge is -2.37. The van der Waals surface area contributed by atoms with Gasteiger partial charge in [-0.3, -0.25) is 18.8 Å². The molecule has 0 radical (unpaired) electrons. The van der Waals surface area contributed by atoms with Gasteiger partial charge in [-0.1, -0.05) is 24.3 Å². The van der Waals surface area contributed by atoms with Gasteiger partial charge >= 0.3 is 5.97 Å². The lowest BCUT2D eigenvalue weighted by atomic mass is 9.87. The molecule has 1 saturated heterocycles. The highest BCUT2D eigenvalue weighted by molar-refractivity contribution is 5.86. The molecule has 8 heteroatoms. The van der Waals surface area contributed by atoms with Crippen molar-refractivity contribution >= 4 is 17.5 Å². The Morgan fingerprint density at radius 2 is 2.07 bits per heavy atom. The lowest BCUT2D eigenvalue weighted by molar-refractivity contribution is -0.142. The van der Waals surface area contributed by atoms with E-state index in [2.05, 4.69) is 9.97 Å². The highest BCUT2D eigenvalue weighted by atomic mass is 16.4. The number of benzene rings is 1. The Balaban J connectivity index is 1.78. The van der Waals surface area contributed by atoms with E-state index in [1.54, 1.807) is 21.7 Å². The molecule has 3 aromatic rings. The van der Waals surface area contributed by atoms with E-state index in [4.69, 9.17) is 5.11 Å². The Morgan fingerprint density at radius 1 is 1.25 bits per heavy atom. The molecule has 1 amide bonds. The molecule has 1 atom stereocenters. The summed E-state index contributed by atoms with van der Waals surface area (Å²) in [5, 5.41) is 9.00. The fourth-order valence-corrected chi connectivity index (χ4v) is 4.82. The molecule has 1 unspecified atom stereocenters. The first-order valence-electron chi connectivity index (χ1n) is 9.26. The molecule has 2 aromatic heterocycles. The number of hydrogen-bond donors (Lipinski definition) is 2. The predicted molar refractivity (Wildman–Crippen MR) is 99.8 cm³/mol. The molecular weight excluding hydrogens is 360 g/mol. The van der Waals surface area contributed by atoms with Crippen molar-refractivity contribution in [3.8, 4) is 11.3 Å². The van der Waals surface area contributed by atoms with Crippen molar-refractivity contribution in [2.24, 2.45) is 0 Å². The largest absolute Gasteiger partial charge is 0.481 e. The summed E-state index contributed by atoms with van der Waals surface area (Å²) < 4.78 is 1.77. The van der Waals surface area contributed by atoms with Gasteiger partial charge < -0.3 is 15.0 Å². The van der Waals surface area contributed by atoms with E-state index in [1.807, 2.05) is 24.3 Å². The number of hydrogen-bond acceptors (Lipinski definition) is 4. The Bertz CT molecular complexity index is 1190. The van der Waals surface area contributed by atoms with Crippen LogP contribution < -0.4 is 5.56 Å². The number of H-pyrrole nitrogens is 1. The molecule has 8 nitrogen and oxygen atoms in total. The van der Waals surface area contributed by atoms with Crippen LogP contribution in [0.5, 0.6) is 0 Å². The highest BCUT2D eigenvalue weighted by Crippen LogP contribution is 2.54. The van der Waals surface area contributed by atoms with Crippen LogP contribution in [0.3, 0.4) is 0 Å². The van der Waals surface area contributed by atoms with E-state index >= 15 is 0 Å². The van der Waals surface area contributed by atoms with Crippen LogP contribution in [0.1, 0.15) is 36.9 Å². The number of carboxylic acids is 1. The summed E-state index contributed by atoms with van der Waals surface area (Å²) in [7, 11) is 0. The van der Waals surface area contributed by atoms with Gasteiger partial charge in [-0.2, -0.15) is 0 Å². The highest BCUT2D eigenvalue weighted by Gasteiger charge is 2.54. The number of fused-ring (bicyclic) bond motifs is 7. The molecule has 1 aliphatic heterocycles. The summed E-state index contributed by atoms with van der Waals surface area (Å²) >= 11 is 0. The van der Waals surface area contributed by atoms with E-state index in [9.17, 15) is 14.4 Å². The number of nitrogens with zero attached hydrogens (tertiary/aromatic N) is 3. The molecule has 3 heterocycles. The van der Waals surface area contributed by atoms with E-state index in [-0.39, 0.29) is 30.0 Å². The molecule has 1 spiro atoms. The van der Waals surface area contributed by atoms with E-state index in [0.29, 0.717) is 18.7 Å². The first kappa shape index (κ1) is 16.7.